The molecule has 2 atom stereocenters. The van der Waals surface area contributed by atoms with E-state index in [0.29, 0.717) is 11.7 Å². The SMILES string of the molecule is CCC(c1nc(C(C)(C)c2ccccc2)no1)C(C)O. The Kier molecular flexibility index (Phi) is 4.23. The minimum absolute atomic E-state index is 0.108. The Morgan fingerprint density at radius 1 is 1.25 bits per heavy atom. The van der Waals surface area contributed by atoms with Gasteiger partial charge in [0.05, 0.1) is 17.4 Å². The van der Waals surface area contributed by atoms with E-state index in [2.05, 4.69) is 36.1 Å². The van der Waals surface area contributed by atoms with Crippen molar-refractivity contribution in [3.8, 4) is 0 Å². The van der Waals surface area contributed by atoms with Crippen LogP contribution in [-0.2, 0) is 5.41 Å². The average molecular weight is 274 g/mol. The van der Waals surface area contributed by atoms with Crippen molar-refractivity contribution >= 4 is 0 Å². The third-order valence-corrected chi connectivity index (χ3v) is 3.84. The topological polar surface area (TPSA) is 59.2 Å². The van der Waals surface area contributed by atoms with Gasteiger partial charge in [0.2, 0.25) is 5.89 Å². The maximum Gasteiger partial charge on any atom is 0.232 e. The Labute approximate surface area is 119 Å². The molecular weight excluding hydrogens is 252 g/mol. The molecule has 0 saturated heterocycles. The van der Waals surface area contributed by atoms with Crippen molar-refractivity contribution < 1.29 is 9.63 Å². The third-order valence-electron chi connectivity index (χ3n) is 3.84. The first-order valence-electron chi connectivity index (χ1n) is 7.04. The van der Waals surface area contributed by atoms with E-state index in [4.69, 9.17) is 4.52 Å². The lowest BCUT2D eigenvalue weighted by atomic mass is 9.84. The molecule has 0 radical (unpaired) electrons. The lowest BCUT2D eigenvalue weighted by molar-refractivity contribution is 0.141. The fourth-order valence-corrected chi connectivity index (χ4v) is 2.35. The van der Waals surface area contributed by atoms with E-state index in [-0.39, 0.29) is 11.3 Å². The van der Waals surface area contributed by atoms with Crippen molar-refractivity contribution in [1.82, 2.24) is 10.1 Å². The van der Waals surface area contributed by atoms with Crippen LogP contribution in [0.4, 0.5) is 0 Å². The van der Waals surface area contributed by atoms with E-state index < -0.39 is 6.10 Å². The highest BCUT2D eigenvalue weighted by molar-refractivity contribution is 5.30. The quantitative estimate of drug-likeness (QED) is 0.909. The van der Waals surface area contributed by atoms with E-state index in [0.717, 1.165) is 12.0 Å². The zero-order valence-electron chi connectivity index (χ0n) is 12.5. The van der Waals surface area contributed by atoms with E-state index >= 15 is 0 Å². The van der Waals surface area contributed by atoms with Crippen LogP contribution in [-0.4, -0.2) is 21.4 Å². The summed E-state index contributed by atoms with van der Waals surface area (Å²) in [5, 5.41) is 13.9. The molecule has 1 aromatic heterocycles. The molecule has 0 aliphatic heterocycles. The van der Waals surface area contributed by atoms with E-state index in [1.54, 1.807) is 6.92 Å². The van der Waals surface area contributed by atoms with Crippen LogP contribution in [0, 0.1) is 0 Å². The summed E-state index contributed by atoms with van der Waals surface area (Å²) in [5.41, 5.74) is 0.817. The molecule has 4 nitrogen and oxygen atoms in total. The molecule has 0 aliphatic rings. The van der Waals surface area contributed by atoms with Crippen LogP contribution >= 0.6 is 0 Å². The molecule has 2 aromatic rings. The Morgan fingerprint density at radius 3 is 2.45 bits per heavy atom. The molecule has 1 heterocycles. The molecule has 0 bridgehead atoms. The van der Waals surface area contributed by atoms with Gasteiger partial charge in [-0.15, -0.1) is 0 Å². The summed E-state index contributed by atoms with van der Waals surface area (Å²) in [7, 11) is 0. The Balaban J connectivity index is 2.33. The van der Waals surface area contributed by atoms with Crippen LogP contribution in [0.2, 0.25) is 0 Å². The normalized spacial score (nSPS) is 15.1. The van der Waals surface area contributed by atoms with Crippen LogP contribution in [0.3, 0.4) is 0 Å². The Morgan fingerprint density at radius 2 is 1.90 bits per heavy atom. The number of hydrogen-bond donors (Lipinski definition) is 1. The number of benzene rings is 1. The second-order valence-corrected chi connectivity index (χ2v) is 5.70. The van der Waals surface area contributed by atoms with Crippen LogP contribution in [0.5, 0.6) is 0 Å². The van der Waals surface area contributed by atoms with Crippen molar-refractivity contribution in [2.75, 3.05) is 0 Å². The number of aliphatic hydroxyl groups excluding tert-OH is 1. The monoisotopic (exact) mass is 274 g/mol. The summed E-state index contributed by atoms with van der Waals surface area (Å²) < 4.78 is 5.37. The minimum atomic E-state index is -0.492. The Hall–Kier alpha value is -1.68. The number of nitrogens with zero attached hydrogens (tertiary/aromatic N) is 2. The van der Waals surface area contributed by atoms with Gasteiger partial charge >= 0.3 is 0 Å². The van der Waals surface area contributed by atoms with Crippen molar-refractivity contribution in [1.29, 1.82) is 0 Å². The number of hydrogen-bond acceptors (Lipinski definition) is 4. The summed E-state index contributed by atoms with van der Waals surface area (Å²) in [4.78, 5) is 4.51. The first-order chi connectivity index (χ1) is 9.46. The highest BCUT2D eigenvalue weighted by Gasteiger charge is 2.31. The molecule has 4 heteroatoms. The summed E-state index contributed by atoms with van der Waals surface area (Å²) >= 11 is 0. The van der Waals surface area contributed by atoms with Crippen LogP contribution in [0.15, 0.2) is 34.9 Å². The number of aromatic nitrogens is 2. The molecular formula is C16H22N2O2. The van der Waals surface area contributed by atoms with Gasteiger partial charge in [-0.05, 0) is 32.8 Å². The summed E-state index contributed by atoms with van der Waals surface area (Å²) in [5.74, 6) is 1.06. The molecule has 2 rings (SSSR count). The van der Waals surface area contributed by atoms with Gasteiger partial charge in [-0.2, -0.15) is 4.98 Å². The molecule has 20 heavy (non-hydrogen) atoms. The van der Waals surface area contributed by atoms with Gasteiger partial charge in [0.15, 0.2) is 5.82 Å². The van der Waals surface area contributed by atoms with Crippen molar-refractivity contribution in [2.45, 2.75) is 51.6 Å². The van der Waals surface area contributed by atoms with Gasteiger partial charge in [-0.1, -0.05) is 42.4 Å². The number of aliphatic hydroxyl groups is 1. The molecule has 108 valence electrons. The van der Waals surface area contributed by atoms with E-state index in [1.165, 1.54) is 0 Å². The maximum atomic E-state index is 9.77. The average Bonchev–Trinajstić information content (AvgIpc) is 2.90. The molecule has 2 unspecified atom stereocenters. The van der Waals surface area contributed by atoms with E-state index in [1.807, 2.05) is 25.1 Å². The van der Waals surface area contributed by atoms with Crippen LogP contribution in [0.25, 0.3) is 0 Å². The summed E-state index contributed by atoms with van der Waals surface area (Å²) in [6.07, 6.45) is 0.276. The lowest BCUT2D eigenvalue weighted by Crippen LogP contribution is -2.21. The van der Waals surface area contributed by atoms with Gasteiger partial charge in [-0.25, -0.2) is 0 Å². The zero-order chi connectivity index (χ0) is 14.8. The largest absolute Gasteiger partial charge is 0.393 e. The summed E-state index contributed by atoms with van der Waals surface area (Å²) in [6, 6.07) is 10.1. The van der Waals surface area contributed by atoms with Gasteiger partial charge in [-0.3, -0.25) is 0 Å². The van der Waals surface area contributed by atoms with Crippen molar-refractivity contribution in [2.24, 2.45) is 0 Å². The maximum absolute atomic E-state index is 9.77. The highest BCUT2D eigenvalue weighted by atomic mass is 16.5. The second-order valence-electron chi connectivity index (χ2n) is 5.70. The number of rotatable bonds is 5. The predicted octanol–water partition coefficient (Wildman–Crippen LogP) is 3.27. The Bertz CT molecular complexity index is 547. The van der Waals surface area contributed by atoms with Gasteiger partial charge < -0.3 is 9.63 Å². The zero-order valence-corrected chi connectivity index (χ0v) is 12.5. The lowest BCUT2D eigenvalue weighted by Gasteiger charge is -2.20. The second kappa shape index (κ2) is 5.75. The fourth-order valence-electron chi connectivity index (χ4n) is 2.35. The molecule has 0 amide bonds. The molecule has 0 aliphatic carbocycles. The highest BCUT2D eigenvalue weighted by Crippen LogP contribution is 2.31. The standard InChI is InChI=1S/C16H22N2O2/c1-5-13(11(2)19)14-17-15(18-20-14)16(3,4)12-9-7-6-8-10-12/h6-11,13,19H,5H2,1-4H3. The summed E-state index contributed by atoms with van der Waals surface area (Å²) in [6.45, 7) is 7.89. The molecule has 1 aromatic carbocycles. The van der Waals surface area contributed by atoms with Crippen molar-refractivity contribution in [3.05, 3.63) is 47.6 Å². The predicted molar refractivity (Wildman–Crippen MR) is 77.6 cm³/mol. The van der Waals surface area contributed by atoms with Crippen molar-refractivity contribution in [3.63, 3.8) is 0 Å². The third kappa shape index (κ3) is 2.75. The van der Waals surface area contributed by atoms with E-state index in [9.17, 15) is 5.11 Å². The van der Waals surface area contributed by atoms with Crippen LogP contribution < -0.4 is 0 Å². The fraction of sp³-hybridized carbons (Fsp3) is 0.500. The van der Waals surface area contributed by atoms with Crippen LogP contribution in [0.1, 0.15) is 57.3 Å². The molecule has 1 N–H and O–H groups in total. The first-order valence-corrected chi connectivity index (χ1v) is 7.04. The van der Waals surface area contributed by atoms with Gasteiger partial charge in [0.1, 0.15) is 0 Å². The smallest absolute Gasteiger partial charge is 0.232 e. The first kappa shape index (κ1) is 14.7. The molecule has 0 saturated carbocycles. The van der Waals surface area contributed by atoms with Gasteiger partial charge in [0.25, 0.3) is 0 Å². The molecule has 0 spiro atoms. The minimum Gasteiger partial charge on any atom is -0.393 e. The molecule has 0 fully saturated rings. The van der Waals surface area contributed by atoms with Gasteiger partial charge in [0, 0.05) is 0 Å².